The molecule has 0 bridgehead atoms. The summed E-state index contributed by atoms with van der Waals surface area (Å²) < 4.78 is 0. The number of aryl methyl sites for hydroxylation is 1. The van der Waals surface area contributed by atoms with Crippen molar-refractivity contribution < 1.29 is 9.59 Å². The summed E-state index contributed by atoms with van der Waals surface area (Å²) in [6.45, 7) is 6.67. The van der Waals surface area contributed by atoms with Crippen molar-refractivity contribution >= 4 is 11.7 Å². The largest absolute Gasteiger partial charge is 0.338 e. The minimum absolute atomic E-state index is 0.0312. The molecule has 1 atom stereocenters. The van der Waals surface area contributed by atoms with Gasteiger partial charge < -0.3 is 9.80 Å². The molecule has 0 aliphatic carbocycles. The molecule has 4 nitrogen and oxygen atoms in total. The molecule has 2 aliphatic rings. The lowest BCUT2D eigenvalue weighted by Crippen LogP contribution is -2.45. The van der Waals surface area contributed by atoms with E-state index in [9.17, 15) is 9.59 Å². The molecule has 4 heteroatoms. The molecule has 30 heavy (non-hydrogen) atoms. The predicted octanol–water partition coefficient (Wildman–Crippen LogP) is 4.45. The second-order valence-corrected chi connectivity index (χ2v) is 9.08. The van der Waals surface area contributed by atoms with Gasteiger partial charge in [-0.05, 0) is 69.8 Å². The van der Waals surface area contributed by atoms with Gasteiger partial charge in [-0.2, -0.15) is 0 Å². The van der Waals surface area contributed by atoms with Gasteiger partial charge in [0, 0.05) is 36.2 Å². The van der Waals surface area contributed by atoms with Gasteiger partial charge in [0.2, 0.25) is 0 Å². The molecule has 0 N–H and O–H groups in total. The summed E-state index contributed by atoms with van der Waals surface area (Å²) in [5.41, 5.74) is 3.01. The number of hydrogen-bond acceptors (Lipinski definition) is 3. The van der Waals surface area contributed by atoms with Crippen LogP contribution in [0.3, 0.4) is 0 Å². The van der Waals surface area contributed by atoms with E-state index >= 15 is 0 Å². The van der Waals surface area contributed by atoms with Gasteiger partial charge in [0.25, 0.3) is 5.91 Å². The van der Waals surface area contributed by atoms with E-state index in [0.29, 0.717) is 11.1 Å². The van der Waals surface area contributed by atoms with Crippen molar-refractivity contribution in [1.82, 2.24) is 9.80 Å². The molecule has 1 spiro atoms. The normalized spacial score (nSPS) is 21.8. The van der Waals surface area contributed by atoms with E-state index in [-0.39, 0.29) is 17.1 Å². The maximum Gasteiger partial charge on any atom is 0.253 e. The van der Waals surface area contributed by atoms with Crippen LogP contribution < -0.4 is 0 Å². The van der Waals surface area contributed by atoms with Crippen LogP contribution in [0.5, 0.6) is 0 Å². The van der Waals surface area contributed by atoms with E-state index in [1.807, 2.05) is 4.90 Å². The lowest BCUT2D eigenvalue weighted by molar-refractivity contribution is 0.0688. The maximum absolute atomic E-state index is 13.0. The Hall–Kier alpha value is -2.46. The van der Waals surface area contributed by atoms with Crippen molar-refractivity contribution in [2.24, 2.45) is 5.41 Å². The number of rotatable bonds is 6. The quantitative estimate of drug-likeness (QED) is 0.668. The number of ketones is 1. The number of carbonyl (C=O) groups is 2. The molecule has 2 heterocycles. The molecular formula is C26H32N2O2. The highest BCUT2D eigenvalue weighted by Crippen LogP contribution is 2.39. The minimum atomic E-state index is 0.0312. The minimum Gasteiger partial charge on any atom is -0.338 e. The summed E-state index contributed by atoms with van der Waals surface area (Å²) in [7, 11) is 0. The molecule has 0 unspecified atom stereocenters. The smallest absolute Gasteiger partial charge is 0.253 e. The molecule has 1 amide bonds. The van der Waals surface area contributed by atoms with Gasteiger partial charge in [-0.3, -0.25) is 9.59 Å². The molecule has 0 aromatic heterocycles. The van der Waals surface area contributed by atoms with Crippen LogP contribution in [0.2, 0.25) is 0 Å². The van der Waals surface area contributed by atoms with Gasteiger partial charge in [-0.1, -0.05) is 42.5 Å². The third kappa shape index (κ3) is 4.81. The van der Waals surface area contributed by atoms with E-state index in [0.717, 1.165) is 39.0 Å². The van der Waals surface area contributed by atoms with Gasteiger partial charge in [-0.15, -0.1) is 0 Å². The fourth-order valence-corrected chi connectivity index (χ4v) is 5.12. The van der Waals surface area contributed by atoms with Gasteiger partial charge >= 0.3 is 0 Å². The SMILES string of the molecule is CC(=O)c1ccc(C(=O)N2CC[C@]3(CCCN(CCCc4ccccc4)C3)C2)cc1. The molecule has 2 saturated heterocycles. The van der Waals surface area contributed by atoms with Crippen LogP contribution in [0, 0.1) is 5.41 Å². The van der Waals surface area contributed by atoms with Crippen molar-refractivity contribution in [2.75, 3.05) is 32.7 Å². The van der Waals surface area contributed by atoms with Gasteiger partial charge in [0.05, 0.1) is 0 Å². The zero-order chi connectivity index (χ0) is 21.0. The van der Waals surface area contributed by atoms with Crippen LogP contribution in [-0.2, 0) is 6.42 Å². The first-order chi connectivity index (χ1) is 14.5. The average molecular weight is 405 g/mol. The molecular weight excluding hydrogens is 372 g/mol. The Kier molecular flexibility index (Phi) is 6.33. The molecule has 0 saturated carbocycles. The van der Waals surface area contributed by atoms with E-state index in [2.05, 4.69) is 35.2 Å². The highest BCUT2D eigenvalue weighted by atomic mass is 16.2. The van der Waals surface area contributed by atoms with Crippen LogP contribution in [0.25, 0.3) is 0 Å². The van der Waals surface area contributed by atoms with Crippen molar-refractivity contribution in [3.8, 4) is 0 Å². The first-order valence-corrected chi connectivity index (χ1v) is 11.2. The molecule has 2 fully saturated rings. The number of benzene rings is 2. The fraction of sp³-hybridized carbons (Fsp3) is 0.462. The summed E-state index contributed by atoms with van der Waals surface area (Å²) in [5.74, 6) is 0.131. The zero-order valence-corrected chi connectivity index (χ0v) is 18.0. The summed E-state index contributed by atoms with van der Waals surface area (Å²) in [6.07, 6.45) is 5.85. The van der Waals surface area contributed by atoms with Crippen LogP contribution in [0.4, 0.5) is 0 Å². The monoisotopic (exact) mass is 404 g/mol. The van der Waals surface area contributed by atoms with Gasteiger partial charge in [-0.25, -0.2) is 0 Å². The van der Waals surface area contributed by atoms with E-state index < -0.39 is 0 Å². The highest BCUT2D eigenvalue weighted by molar-refractivity contribution is 5.97. The predicted molar refractivity (Wildman–Crippen MR) is 120 cm³/mol. The highest BCUT2D eigenvalue weighted by Gasteiger charge is 2.42. The third-order valence-corrected chi connectivity index (χ3v) is 6.79. The lowest BCUT2D eigenvalue weighted by Gasteiger charge is -2.40. The number of nitrogens with zero attached hydrogens (tertiary/aromatic N) is 2. The summed E-state index contributed by atoms with van der Waals surface area (Å²) in [5, 5.41) is 0. The average Bonchev–Trinajstić information content (AvgIpc) is 3.17. The Morgan fingerprint density at radius 2 is 1.63 bits per heavy atom. The zero-order valence-electron chi connectivity index (χ0n) is 18.0. The third-order valence-electron chi connectivity index (χ3n) is 6.79. The topological polar surface area (TPSA) is 40.6 Å². The second-order valence-electron chi connectivity index (χ2n) is 9.08. The van der Waals surface area contributed by atoms with Crippen molar-refractivity contribution in [2.45, 2.75) is 39.0 Å². The molecule has 2 aromatic rings. The Balaban J connectivity index is 1.31. The van der Waals surface area contributed by atoms with Gasteiger partial charge in [0.1, 0.15) is 0 Å². The number of piperidine rings is 1. The van der Waals surface area contributed by atoms with Crippen LogP contribution in [0.15, 0.2) is 54.6 Å². The Labute approximate surface area is 179 Å². The summed E-state index contributed by atoms with van der Waals surface area (Å²) >= 11 is 0. The first kappa shape index (κ1) is 20.8. The molecule has 2 aliphatic heterocycles. The Morgan fingerprint density at radius 3 is 2.37 bits per heavy atom. The van der Waals surface area contributed by atoms with Crippen molar-refractivity contribution in [1.29, 1.82) is 0 Å². The molecule has 158 valence electrons. The molecule has 0 radical (unpaired) electrons. The van der Waals surface area contributed by atoms with Crippen LogP contribution in [-0.4, -0.2) is 54.2 Å². The van der Waals surface area contributed by atoms with Crippen LogP contribution >= 0.6 is 0 Å². The first-order valence-electron chi connectivity index (χ1n) is 11.2. The number of hydrogen-bond donors (Lipinski definition) is 0. The number of likely N-dealkylation sites (tertiary alicyclic amines) is 2. The second kappa shape index (κ2) is 9.13. The summed E-state index contributed by atoms with van der Waals surface area (Å²) in [6, 6.07) is 17.8. The van der Waals surface area contributed by atoms with E-state index in [4.69, 9.17) is 0 Å². The standard InChI is InChI=1S/C26H32N2O2/c1-21(29)23-10-12-24(13-11-23)25(30)28-18-15-26(20-28)14-6-17-27(19-26)16-5-9-22-7-3-2-4-8-22/h2-4,7-8,10-13H,5-6,9,14-20H2,1H3/t26-/m0/s1. The fourth-order valence-electron chi connectivity index (χ4n) is 5.12. The van der Waals surface area contributed by atoms with E-state index in [1.54, 1.807) is 31.2 Å². The van der Waals surface area contributed by atoms with Crippen molar-refractivity contribution in [3.05, 3.63) is 71.3 Å². The molecule has 4 rings (SSSR count). The van der Waals surface area contributed by atoms with Crippen LogP contribution in [0.1, 0.15) is 58.9 Å². The summed E-state index contributed by atoms with van der Waals surface area (Å²) in [4.78, 5) is 29.1. The number of Topliss-reactive ketones (excluding diaryl/α,β-unsaturated/α-hetero) is 1. The van der Waals surface area contributed by atoms with Gasteiger partial charge in [0.15, 0.2) is 5.78 Å². The van der Waals surface area contributed by atoms with Crippen molar-refractivity contribution in [3.63, 3.8) is 0 Å². The maximum atomic E-state index is 13.0. The Morgan fingerprint density at radius 1 is 0.900 bits per heavy atom. The number of amides is 1. The van der Waals surface area contributed by atoms with E-state index in [1.165, 1.54) is 31.4 Å². The molecule has 2 aromatic carbocycles. The number of carbonyl (C=O) groups excluding carboxylic acids is 2. The Bertz CT molecular complexity index is 878. The lowest BCUT2D eigenvalue weighted by atomic mass is 9.79.